The van der Waals surface area contributed by atoms with Crippen LogP contribution in [0.4, 0.5) is 22.0 Å². The summed E-state index contributed by atoms with van der Waals surface area (Å²) in [5, 5.41) is 1.61. The summed E-state index contributed by atoms with van der Waals surface area (Å²) in [7, 11) is 0. The Hall–Kier alpha value is -1.67. The lowest BCUT2D eigenvalue weighted by atomic mass is 10.2. The third-order valence-electron chi connectivity index (χ3n) is 2.06. The van der Waals surface area contributed by atoms with E-state index in [1.807, 2.05) is 0 Å². The number of amides is 1. The maximum absolute atomic E-state index is 12.6. The zero-order chi connectivity index (χ0) is 14.0. The van der Waals surface area contributed by atoms with E-state index < -0.39 is 24.0 Å². The van der Waals surface area contributed by atoms with Crippen LogP contribution in [0.5, 0.6) is 0 Å². The first kappa shape index (κ1) is 14.4. The molecule has 0 spiro atoms. The van der Waals surface area contributed by atoms with Crippen LogP contribution in [0.3, 0.4) is 0 Å². The quantitative estimate of drug-likeness (QED) is 0.845. The highest BCUT2D eigenvalue weighted by Crippen LogP contribution is 2.35. The molecule has 0 bridgehead atoms. The number of alkyl halides is 5. The van der Waals surface area contributed by atoms with Crippen LogP contribution in [-0.4, -0.2) is 33.6 Å². The van der Waals surface area contributed by atoms with Gasteiger partial charge in [0.15, 0.2) is 0 Å². The van der Waals surface area contributed by atoms with E-state index in [0.717, 1.165) is 0 Å². The Kier molecular flexibility index (Phi) is 3.92. The molecule has 1 unspecified atom stereocenters. The van der Waals surface area contributed by atoms with Crippen LogP contribution in [0.25, 0.3) is 0 Å². The molecule has 1 N–H and O–H groups in total. The average molecular weight is 271 g/mol. The van der Waals surface area contributed by atoms with Gasteiger partial charge in [0.25, 0.3) is 0 Å². The summed E-state index contributed by atoms with van der Waals surface area (Å²) >= 11 is 0. The first-order valence-corrected chi connectivity index (χ1v) is 4.86. The molecule has 102 valence electrons. The van der Waals surface area contributed by atoms with Gasteiger partial charge in [-0.05, 0) is 6.92 Å². The monoisotopic (exact) mass is 271 g/mol. The van der Waals surface area contributed by atoms with Gasteiger partial charge in [-0.3, -0.25) is 4.79 Å². The van der Waals surface area contributed by atoms with E-state index in [4.69, 9.17) is 0 Å². The highest BCUT2D eigenvalue weighted by Gasteiger charge is 2.63. The first-order chi connectivity index (χ1) is 8.14. The summed E-state index contributed by atoms with van der Waals surface area (Å²) < 4.78 is 62.3. The highest BCUT2D eigenvalue weighted by molar-refractivity contribution is 5.84. The molecule has 4 nitrogen and oxygen atoms in total. The number of nitrogens with one attached hydrogen (secondary N) is 1. The smallest absolute Gasteiger partial charge is 0.346 e. The molecule has 0 saturated heterocycles. The Labute approximate surface area is 98.8 Å². The van der Waals surface area contributed by atoms with E-state index in [0.29, 0.717) is 0 Å². The van der Waals surface area contributed by atoms with Crippen molar-refractivity contribution >= 4 is 5.91 Å². The fraction of sp³-hybridized carbons (Fsp3) is 0.556. The van der Waals surface area contributed by atoms with Gasteiger partial charge in [-0.2, -0.15) is 22.0 Å². The zero-order valence-electron chi connectivity index (χ0n) is 9.21. The number of imidazole rings is 1. The molecular weight excluding hydrogens is 261 g/mol. The van der Waals surface area contributed by atoms with E-state index in [1.165, 1.54) is 30.2 Å². The van der Waals surface area contributed by atoms with Crippen molar-refractivity contribution in [3.63, 3.8) is 0 Å². The van der Waals surface area contributed by atoms with Gasteiger partial charge in [0.2, 0.25) is 0 Å². The maximum atomic E-state index is 12.6. The lowest BCUT2D eigenvalue weighted by Crippen LogP contribution is -2.53. The number of rotatable bonds is 4. The minimum atomic E-state index is -5.90. The second-order valence-corrected chi connectivity index (χ2v) is 3.71. The van der Waals surface area contributed by atoms with Gasteiger partial charge in [0, 0.05) is 25.0 Å². The molecule has 1 aromatic heterocycles. The zero-order valence-corrected chi connectivity index (χ0v) is 9.21. The fourth-order valence-corrected chi connectivity index (χ4v) is 1.20. The SMILES string of the molecule is CC(Cn1ccnc1)NC(=O)C(F)(F)C(F)(F)F. The minimum absolute atomic E-state index is 0.0413. The Morgan fingerprint density at radius 1 is 1.39 bits per heavy atom. The van der Waals surface area contributed by atoms with E-state index in [2.05, 4.69) is 4.98 Å². The molecule has 1 atom stereocenters. The molecule has 0 radical (unpaired) electrons. The topological polar surface area (TPSA) is 46.9 Å². The summed E-state index contributed by atoms with van der Waals surface area (Å²) in [5.74, 6) is -7.75. The number of carbonyl (C=O) groups excluding carboxylic acids is 1. The Morgan fingerprint density at radius 3 is 2.44 bits per heavy atom. The second kappa shape index (κ2) is 4.91. The average Bonchev–Trinajstić information content (AvgIpc) is 2.68. The molecule has 9 heteroatoms. The molecular formula is C9H10F5N3O. The molecule has 0 aliphatic heterocycles. The van der Waals surface area contributed by atoms with Crippen molar-refractivity contribution in [3.05, 3.63) is 18.7 Å². The molecule has 0 saturated carbocycles. The largest absolute Gasteiger partial charge is 0.463 e. The van der Waals surface area contributed by atoms with Gasteiger partial charge in [-0.1, -0.05) is 0 Å². The summed E-state index contributed by atoms with van der Waals surface area (Å²) in [5.41, 5.74) is 0. The molecule has 1 rings (SSSR count). The van der Waals surface area contributed by atoms with Gasteiger partial charge in [-0.15, -0.1) is 0 Å². The van der Waals surface area contributed by atoms with Crippen molar-refractivity contribution in [2.24, 2.45) is 0 Å². The van der Waals surface area contributed by atoms with E-state index in [1.54, 1.807) is 5.32 Å². The molecule has 0 fully saturated rings. The Balaban J connectivity index is 2.59. The number of aromatic nitrogens is 2. The fourth-order valence-electron chi connectivity index (χ4n) is 1.20. The number of hydrogen-bond donors (Lipinski definition) is 1. The van der Waals surface area contributed by atoms with Crippen LogP contribution in [0.2, 0.25) is 0 Å². The predicted molar refractivity (Wildman–Crippen MR) is 50.8 cm³/mol. The van der Waals surface area contributed by atoms with Gasteiger partial charge < -0.3 is 9.88 Å². The number of hydrogen-bond acceptors (Lipinski definition) is 2. The number of nitrogens with zero attached hydrogens (tertiary/aromatic N) is 2. The maximum Gasteiger partial charge on any atom is 0.463 e. The minimum Gasteiger partial charge on any atom is -0.346 e. The van der Waals surface area contributed by atoms with Crippen LogP contribution in [-0.2, 0) is 11.3 Å². The third kappa shape index (κ3) is 3.17. The van der Waals surface area contributed by atoms with Crippen molar-refractivity contribution in [3.8, 4) is 0 Å². The van der Waals surface area contributed by atoms with Crippen LogP contribution < -0.4 is 5.32 Å². The Bertz CT molecular complexity index is 401. The summed E-state index contributed by atoms with van der Waals surface area (Å²) in [4.78, 5) is 14.5. The predicted octanol–water partition coefficient (Wildman–Crippen LogP) is 1.59. The molecule has 1 heterocycles. The van der Waals surface area contributed by atoms with E-state index in [-0.39, 0.29) is 6.54 Å². The molecule has 0 aromatic carbocycles. The van der Waals surface area contributed by atoms with Crippen molar-refractivity contribution in [2.75, 3.05) is 0 Å². The highest BCUT2D eigenvalue weighted by atomic mass is 19.4. The molecule has 1 amide bonds. The van der Waals surface area contributed by atoms with Crippen molar-refractivity contribution in [1.29, 1.82) is 0 Å². The van der Waals surface area contributed by atoms with Crippen molar-refractivity contribution in [2.45, 2.75) is 31.6 Å². The normalized spacial score (nSPS) is 14.3. The summed E-state index contributed by atoms with van der Waals surface area (Å²) in [6.45, 7) is 1.35. The Morgan fingerprint density at radius 2 is 2.00 bits per heavy atom. The first-order valence-electron chi connectivity index (χ1n) is 4.86. The van der Waals surface area contributed by atoms with Crippen LogP contribution in [0, 0.1) is 0 Å². The molecule has 1 aromatic rings. The van der Waals surface area contributed by atoms with E-state index in [9.17, 15) is 26.7 Å². The van der Waals surface area contributed by atoms with Crippen LogP contribution >= 0.6 is 0 Å². The molecule has 18 heavy (non-hydrogen) atoms. The van der Waals surface area contributed by atoms with Gasteiger partial charge in [-0.25, -0.2) is 4.98 Å². The van der Waals surface area contributed by atoms with Crippen molar-refractivity contribution in [1.82, 2.24) is 14.9 Å². The lowest BCUT2D eigenvalue weighted by molar-refractivity contribution is -0.270. The van der Waals surface area contributed by atoms with Crippen LogP contribution in [0.15, 0.2) is 18.7 Å². The van der Waals surface area contributed by atoms with Gasteiger partial charge >= 0.3 is 18.0 Å². The second-order valence-electron chi connectivity index (χ2n) is 3.71. The number of halogens is 5. The standard InChI is InChI=1S/C9H10F5N3O/c1-6(4-17-3-2-15-5-17)16-7(18)8(10,11)9(12,13)14/h2-3,5-6H,4H2,1H3,(H,16,18). The molecule has 0 aliphatic carbocycles. The summed E-state index contributed by atoms with van der Waals surface area (Å²) in [6.07, 6.45) is -1.64. The van der Waals surface area contributed by atoms with Gasteiger partial charge in [0.1, 0.15) is 0 Å². The van der Waals surface area contributed by atoms with Gasteiger partial charge in [0.05, 0.1) is 6.33 Å². The molecule has 0 aliphatic rings. The van der Waals surface area contributed by atoms with Crippen molar-refractivity contribution < 1.29 is 26.7 Å². The number of carbonyl (C=O) groups is 1. The van der Waals surface area contributed by atoms with E-state index >= 15 is 0 Å². The van der Waals surface area contributed by atoms with Crippen LogP contribution in [0.1, 0.15) is 6.92 Å². The third-order valence-corrected chi connectivity index (χ3v) is 2.06. The lowest BCUT2D eigenvalue weighted by Gasteiger charge is -2.21. The summed E-state index contributed by atoms with van der Waals surface area (Å²) in [6, 6.07) is -0.889.